The van der Waals surface area contributed by atoms with Crippen molar-refractivity contribution in [2.75, 3.05) is 32.1 Å². The third kappa shape index (κ3) is 3.93. The molecule has 1 atom stereocenters. The number of ether oxygens (including phenoxy) is 1. The maximum Gasteiger partial charge on any atom is 0.172 e. The van der Waals surface area contributed by atoms with E-state index in [0.29, 0.717) is 25.8 Å². The van der Waals surface area contributed by atoms with Crippen LogP contribution in [-0.4, -0.2) is 51.4 Å². The predicted molar refractivity (Wildman–Crippen MR) is 60.5 cm³/mol. The van der Waals surface area contributed by atoms with Crippen molar-refractivity contribution < 1.29 is 13.2 Å². The lowest BCUT2D eigenvalue weighted by Crippen LogP contribution is -2.46. The number of hydrogen-bond acceptors (Lipinski definition) is 4. The largest absolute Gasteiger partial charge is 0.378 e. The molecule has 5 heteroatoms. The zero-order valence-electron chi connectivity index (χ0n) is 9.18. The van der Waals surface area contributed by atoms with Gasteiger partial charge in [-0.1, -0.05) is 13.5 Å². The molecule has 1 saturated heterocycles. The van der Waals surface area contributed by atoms with Gasteiger partial charge < -0.3 is 4.74 Å². The summed E-state index contributed by atoms with van der Waals surface area (Å²) in [6.07, 6.45) is 0.994. The van der Waals surface area contributed by atoms with Crippen LogP contribution in [0.15, 0.2) is 12.0 Å². The van der Waals surface area contributed by atoms with Crippen LogP contribution in [0.4, 0.5) is 0 Å². The van der Waals surface area contributed by atoms with E-state index in [0.717, 1.165) is 18.4 Å². The van der Waals surface area contributed by atoms with Crippen LogP contribution in [0.2, 0.25) is 0 Å². The summed E-state index contributed by atoms with van der Waals surface area (Å²) in [5, 5.41) is 1.04. The average molecular weight is 233 g/mol. The van der Waals surface area contributed by atoms with E-state index in [2.05, 4.69) is 18.4 Å². The number of hydrogen-bond donors (Lipinski definition) is 0. The van der Waals surface area contributed by atoms with Crippen LogP contribution in [0, 0.1) is 0 Å². The highest BCUT2D eigenvalue weighted by Crippen LogP contribution is 2.10. The molecular weight excluding hydrogens is 214 g/mol. The predicted octanol–water partition coefficient (Wildman–Crippen LogP) is 0.655. The summed E-state index contributed by atoms with van der Waals surface area (Å²) in [7, 11) is -3.07. The lowest BCUT2D eigenvalue weighted by atomic mass is 10.2. The summed E-state index contributed by atoms with van der Waals surface area (Å²) in [5.74, 6) is 0.160. The second-order valence-electron chi connectivity index (χ2n) is 3.71. The Kier molecular flexibility index (Phi) is 4.76. The Morgan fingerprint density at radius 2 is 2.33 bits per heavy atom. The SMILES string of the molecule is C=CS(=O)(=O)CCN1CCOCC1CC. The molecule has 0 aromatic carbocycles. The highest BCUT2D eigenvalue weighted by Gasteiger charge is 2.22. The van der Waals surface area contributed by atoms with Crippen LogP contribution in [0.1, 0.15) is 13.3 Å². The third-order valence-corrected chi connectivity index (χ3v) is 4.00. The monoisotopic (exact) mass is 233 g/mol. The summed E-state index contributed by atoms with van der Waals surface area (Å²) in [5.41, 5.74) is 0. The van der Waals surface area contributed by atoms with Crippen molar-refractivity contribution in [1.82, 2.24) is 4.90 Å². The fourth-order valence-corrected chi connectivity index (χ4v) is 2.34. The van der Waals surface area contributed by atoms with E-state index in [1.54, 1.807) is 0 Å². The van der Waals surface area contributed by atoms with Gasteiger partial charge in [-0.2, -0.15) is 0 Å². The van der Waals surface area contributed by atoms with Gasteiger partial charge >= 0.3 is 0 Å². The van der Waals surface area contributed by atoms with Gasteiger partial charge in [0.25, 0.3) is 0 Å². The highest BCUT2D eigenvalue weighted by molar-refractivity contribution is 7.94. The van der Waals surface area contributed by atoms with Crippen LogP contribution >= 0.6 is 0 Å². The molecular formula is C10H19NO3S. The molecule has 0 aliphatic carbocycles. The van der Waals surface area contributed by atoms with Gasteiger partial charge in [0, 0.05) is 24.5 Å². The normalized spacial score (nSPS) is 23.9. The minimum Gasteiger partial charge on any atom is -0.378 e. The highest BCUT2D eigenvalue weighted by atomic mass is 32.2. The molecule has 1 rings (SSSR count). The fraction of sp³-hybridized carbons (Fsp3) is 0.800. The first kappa shape index (κ1) is 12.7. The molecule has 1 heterocycles. The molecule has 0 saturated carbocycles. The first-order chi connectivity index (χ1) is 7.09. The Labute approximate surface area is 91.8 Å². The summed E-state index contributed by atoms with van der Waals surface area (Å²) < 4.78 is 27.9. The molecule has 0 N–H and O–H groups in total. The topological polar surface area (TPSA) is 46.6 Å². The van der Waals surface area contributed by atoms with E-state index >= 15 is 0 Å². The maximum atomic E-state index is 11.3. The number of morpholine rings is 1. The summed E-state index contributed by atoms with van der Waals surface area (Å²) in [6, 6.07) is 0.360. The second kappa shape index (κ2) is 5.63. The van der Waals surface area contributed by atoms with E-state index in [1.807, 2.05) is 0 Å². The standard InChI is InChI=1S/C10H19NO3S/c1-3-10-9-14-7-5-11(10)6-8-15(12,13)4-2/h4,10H,2-3,5-9H2,1H3. The van der Waals surface area contributed by atoms with Crippen LogP contribution in [0.5, 0.6) is 0 Å². The van der Waals surface area contributed by atoms with E-state index in [4.69, 9.17) is 4.74 Å². The minimum atomic E-state index is -3.07. The summed E-state index contributed by atoms with van der Waals surface area (Å²) in [4.78, 5) is 2.19. The van der Waals surface area contributed by atoms with Crippen molar-refractivity contribution in [3.05, 3.63) is 12.0 Å². The molecule has 15 heavy (non-hydrogen) atoms. The molecule has 0 spiro atoms. The maximum absolute atomic E-state index is 11.3. The van der Waals surface area contributed by atoms with Crippen LogP contribution in [-0.2, 0) is 14.6 Å². The lowest BCUT2D eigenvalue weighted by Gasteiger charge is -2.34. The van der Waals surface area contributed by atoms with Crippen molar-refractivity contribution >= 4 is 9.84 Å². The van der Waals surface area contributed by atoms with Crippen molar-refractivity contribution in [2.45, 2.75) is 19.4 Å². The van der Waals surface area contributed by atoms with Gasteiger partial charge in [-0.25, -0.2) is 8.42 Å². The molecule has 1 aliphatic rings. The molecule has 4 nitrogen and oxygen atoms in total. The first-order valence-corrected chi connectivity index (χ1v) is 6.97. The van der Waals surface area contributed by atoms with Crippen LogP contribution in [0.3, 0.4) is 0 Å². The van der Waals surface area contributed by atoms with Gasteiger partial charge in [-0.05, 0) is 6.42 Å². The van der Waals surface area contributed by atoms with Gasteiger partial charge in [0.2, 0.25) is 0 Å². The molecule has 0 aromatic heterocycles. The smallest absolute Gasteiger partial charge is 0.172 e. The average Bonchev–Trinajstić information content (AvgIpc) is 2.27. The number of sulfone groups is 1. The number of nitrogens with zero attached hydrogens (tertiary/aromatic N) is 1. The van der Waals surface area contributed by atoms with E-state index in [9.17, 15) is 8.42 Å². The Balaban J connectivity index is 2.45. The van der Waals surface area contributed by atoms with E-state index in [-0.39, 0.29) is 5.75 Å². The minimum absolute atomic E-state index is 0.160. The Bertz CT molecular complexity index is 300. The lowest BCUT2D eigenvalue weighted by molar-refractivity contribution is -0.00548. The van der Waals surface area contributed by atoms with Crippen molar-refractivity contribution in [3.8, 4) is 0 Å². The van der Waals surface area contributed by atoms with Gasteiger partial charge in [-0.15, -0.1) is 0 Å². The molecule has 0 bridgehead atoms. The molecule has 1 unspecified atom stereocenters. The van der Waals surface area contributed by atoms with E-state index < -0.39 is 9.84 Å². The summed E-state index contributed by atoms with van der Waals surface area (Å²) >= 11 is 0. The van der Waals surface area contributed by atoms with Gasteiger partial charge in [0.1, 0.15) is 0 Å². The second-order valence-corrected chi connectivity index (χ2v) is 5.77. The molecule has 0 aromatic rings. The van der Waals surface area contributed by atoms with Gasteiger partial charge in [-0.3, -0.25) is 4.90 Å². The Morgan fingerprint density at radius 3 is 2.93 bits per heavy atom. The van der Waals surface area contributed by atoms with Gasteiger partial charge in [0.05, 0.1) is 19.0 Å². The van der Waals surface area contributed by atoms with Crippen molar-refractivity contribution in [3.63, 3.8) is 0 Å². The zero-order valence-corrected chi connectivity index (χ0v) is 10.0. The Hall–Kier alpha value is -0.390. The van der Waals surface area contributed by atoms with Crippen LogP contribution in [0.25, 0.3) is 0 Å². The molecule has 0 amide bonds. The van der Waals surface area contributed by atoms with E-state index in [1.165, 1.54) is 0 Å². The summed E-state index contributed by atoms with van der Waals surface area (Å²) in [6.45, 7) is 8.21. The van der Waals surface area contributed by atoms with Crippen molar-refractivity contribution in [1.29, 1.82) is 0 Å². The quantitative estimate of drug-likeness (QED) is 0.699. The molecule has 0 radical (unpaired) electrons. The zero-order chi connectivity index (χ0) is 11.3. The molecule has 1 fully saturated rings. The molecule has 88 valence electrons. The van der Waals surface area contributed by atoms with Gasteiger partial charge in [0.15, 0.2) is 9.84 Å². The Morgan fingerprint density at radius 1 is 1.60 bits per heavy atom. The number of rotatable bonds is 5. The molecule has 1 aliphatic heterocycles. The van der Waals surface area contributed by atoms with Crippen LogP contribution < -0.4 is 0 Å². The van der Waals surface area contributed by atoms with Crippen molar-refractivity contribution in [2.24, 2.45) is 0 Å². The third-order valence-electron chi connectivity index (χ3n) is 2.74. The first-order valence-electron chi connectivity index (χ1n) is 5.26. The fourth-order valence-electron chi connectivity index (χ4n) is 1.69.